The maximum Gasteiger partial charge on any atom is 0.248 e. The summed E-state index contributed by atoms with van der Waals surface area (Å²) in [6.07, 6.45) is 8.63. The molecule has 0 aliphatic carbocycles. The number of aromatic nitrogens is 4. The van der Waals surface area contributed by atoms with Gasteiger partial charge in [-0.15, -0.1) is 6.42 Å². The van der Waals surface area contributed by atoms with Crippen LogP contribution in [0.5, 0.6) is 5.75 Å². The third-order valence-corrected chi connectivity index (χ3v) is 6.25. The van der Waals surface area contributed by atoms with Crippen LogP contribution in [-0.2, 0) is 4.79 Å². The largest absolute Gasteiger partial charge is 0.489 e. The van der Waals surface area contributed by atoms with E-state index >= 15 is 0 Å². The van der Waals surface area contributed by atoms with E-state index in [-0.39, 0.29) is 12.0 Å². The van der Waals surface area contributed by atoms with Gasteiger partial charge in [-0.1, -0.05) is 35.7 Å². The number of carbonyl (C=O) groups is 1. The lowest BCUT2D eigenvalue weighted by Gasteiger charge is -2.32. The molecule has 8 nitrogen and oxygen atoms in total. The molecule has 2 aromatic carbocycles. The van der Waals surface area contributed by atoms with Crippen LogP contribution in [0.1, 0.15) is 24.0 Å². The molecule has 2 N–H and O–H groups in total. The second kappa shape index (κ2) is 9.57. The predicted octanol–water partition coefficient (Wildman–Crippen LogP) is 3.34. The molecule has 1 amide bonds. The summed E-state index contributed by atoms with van der Waals surface area (Å²) in [6.45, 7) is 2.68. The number of nitrogens with zero attached hydrogens (tertiary/aromatic N) is 4. The van der Waals surface area contributed by atoms with Crippen molar-refractivity contribution in [2.75, 3.05) is 19.7 Å². The zero-order valence-corrected chi connectivity index (χ0v) is 19.4. The number of hydrogen-bond donors (Lipinski definition) is 2. The van der Waals surface area contributed by atoms with Crippen molar-refractivity contribution in [3.63, 3.8) is 0 Å². The molecule has 1 saturated heterocycles. The highest BCUT2D eigenvalue weighted by atomic mass is 16.5. The van der Waals surface area contributed by atoms with E-state index in [1.54, 1.807) is 4.90 Å². The molecule has 0 bridgehead atoms. The number of aromatic amines is 1. The quantitative estimate of drug-likeness (QED) is 0.436. The summed E-state index contributed by atoms with van der Waals surface area (Å²) in [4.78, 5) is 30.2. The van der Waals surface area contributed by atoms with Crippen molar-refractivity contribution in [2.45, 2.75) is 25.9 Å². The zero-order chi connectivity index (χ0) is 24.4. The third-order valence-electron chi connectivity index (χ3n) is 6.25. The van der Waals surface area contributed by atoms with Crippen molar-refractivity contribution in [1.29, 1.82) is 0 Å². The summed E-state index contributed by atoms with van der Waals surface area (Å²) >= 11 is 0. The fourth-order valence-corrected chi connectivity index (χ4v) is 4.29. The predicted molar refractivity (Wildman–Crippen MR) is 133 cm³/mol. The van der Waals surface area contributed by atoms with Gasteiger partial charge in [-0.3, -0.25) is 4.79 Å². The molecule has 2 aromatic heterocycles. The molecule has 3 heterocycles. The molecule has 0 saturated carbocycles. The lowest BCUT2D eigenvalue weighted by molar-refractivity contribution is -0.135. The van der Waals surface area contributed by atoms with Gasteiger partial charge in [0.05, 0.1) is 11.3 Å². The monoisotopic (exact) mass is 467 g/mol. The van der Waals surface area contributed by atoms with Crippen LogP contribution in [0, 0.1) is 19.3 Å². The van der Waals surface area contributed by atoms with E-state index in [9.17, 15) is 4.79 Å². The van der Waals surface area contributed by atoms with Crippen LogP contribution in [0.2, 0.25) is 0 Å². The van der Waals surface area contributed by atoms with E-state index in [2.05, 4.69) is 25.9 Å². The van der Waals surface area contributed by atoms with Crippen LogP contribution in [0.4, 0.5) is 0 Å². The molecule has 1 fully saturated rings. The summed E-state index contributed by atoms with van der Waals surface area (Å²) in [5.41, 5.74) is 5.64. The molecule has 0 spiro atoms. The number of terminal acetylenes is 1. The van der Waals surface area contributed by atoms with Gasteiger partial charge in [-0.05, 0) is 25.1 Å². The van der Waals surface area contributed by atoms with E-state index < -0.39 is 6.61 Å². The van der Waals surface area contributed by atoms with E-state index in [4.69, 9.17) is 16.3 Å². The number of imidazole rings is 1. The number of ether oxygens (including phenoxy) is 1. The van der Waals surface area contributed by atoms with Crippen molar-refractivity contribution in [3.05, 3.63) is 59.9 Å². The normalized spacial score (nSPS) is 14.1. The van der Waals surface area contributed by atoms with Gasteiger partial charge in [0.25, 0.3) is 0 Å². The first-order valence-corrected chi connectivity index (χ1v) is 11.5. The number of piperidine rings is 1. The summed E-state index contributed by atoms with van der Waals surface area (Å²) < 4.78 is 6.19. The van der Waals surface area contributed by atoms with Crippen molar-refractivity contribution < 1.29 is 14.6 Å². The molecule has 1 aliphatic heterocycles. The Morgan fingerprint density at radius 1 is 1.17 bits per heavy atom. The molecule has 1 aliphatic rings. The highest BCUT2D eigenvalue weighted by molar-refractivity contribution is 5.89. The number of carbonyl (C=O) groups excluding carboxylic acids is 1. The van der Waals surface area contributed by atoms with Gasteiger partial charge in [0.1, 0.15) is 36.1 Å². The van der Waals surface area contributed by atoms with Gasteiger partial charge < -0.3 is 19.7 Å². The summed E-state index contributed by atoms with van der Waals surface area (Å²) in [7, 11) is 0. The lowest BCUT2D eigenvalue weighted by Crippen LogP contribution is -2.42. The number of rotatable bonds is 5. The Balaban J connectivity index is 1.40. The smallest absolute Gasteiger partial charge is 0.248 e. The average molecular weight is 468 g/mol. The number of benzene rings is 2. The molecular weight excluding hydrogens is 442 g/mol. The molecular formula is C27H25N5O3. The van der Waals surface area contributed by atoms with Gasteiger partial charge in [0.15, 0.2) is 5.65 Å². The molecule has 35 heavy (non-hydrogen) atoms. The Labute approximate surface area is 203 Å². The van der Waals surface area contributed by atoms with E-state index in [0.717, 1.165) is 22.5 Å². The van der Waals surface area contributed by atoms with Crippen molar-refractivity contribution in [3.8, 4) is 40.7 Å². The Morgan fingerprint density at radius 3 is 2.63 bits per heavy atom. The number of amides is 1. The van der Waals surface area contributed by atoms with Crippen molar-refractivity contribution >= 4 is 17.1 Å². The van der Waals surface area contributed by atoms with Crippen LogP contribution >= 0.6 is 0 Å². The van der Waals surface area contributed by atoms with Crippen LogP contribution in [-0.4, -0.2) is 61.6 Å². The summed E-state index contributed by atoms with van der Waals surface area (Å²) in [5, 5.41) is 9.05. The topological polar surface area (TPSA) is 104 Å². The molecule has 8 heteroatoms. The van der Waals surface area contributed by atoms with Gasteiger partial charge in [0.2, 0.25) is 5.91 Å². The molecule has 5 rings (SSSR count). The fraction of sp³-hybridized carbons (Fsp3) is 0.259. The zero-order valence-electron chi connectivity index (χ0n) is 19.4. The van der Waals surface area contributed by atoms with Crippen LogP contribution in [0.15, 0.2) is 48.8 Å². The van der Waals surface area contributed by atoms with Gasteiger partial charge in [-0.2, -0.15) is 0 Å². The number of nitrogens with one attached hydrogen (secondary N) is 1. The van der Waals surface area contributed by atoms with Crippen molar-refractivity contribution in [1.82, 2.24) is 24.8 Å². The number of aliphatic hydroxyl groups excluding tert-OH is 1. The summed E-state index contributed by atoms with van der Waals surface area (Å²) in [5.74, 6) is 3.82. The first-order chi connectivity index (χ1) is 17.1. The molecule has 0 unspecified atom stereocenters. The second-order valence-corrected chi connectivity index (χ2v) is 8.58. The maximum absolute atomic E-state index is 11.7. The number of H-pyrrole nitrogens is 1. The van der Waals surface area contributed by atoms with Gasteiger partial charge in [0, 0.05) is 37.1 Å². The van der Waals surface area contributed by atoms with Crippen molar-refractivity contribution in [2.24, 2.45) is 0 Å². The lowest BCUT2D eigenvalue weighted by atomic mass is 10.0. The first-order valence-electron chi connectivity index (χ1n) is 11.5. The van der Waals surface area contributed by atoms with Gasteiger partial charge >= 0.3 is 0 Å². The number of fused-ring (bicyclic) bond motifs is 1. The van der Waals surface area contributed by atoms with Gasteiger partial charge in [-0.25, -0.2) is 15.0 Å². The molecule has 4 aromatic rings. The van der Waals surface area contributed by atoms with E-state index in [1.165, 1.54) is 11.9 Å². The summed E-state index contributed by atoms with van der Waals surface area (Å²) in [6, 6.07) is 13.8. The minimum absolute atomic E-state index is 0.0499. The molecule has 176 valence electrons. The Hall–Kier alpha value is -4.22. The van der Waals surface area contributed by atoms with E-state index in [0.29, 0.717) is 48.6 Å². The standard InChI is InChI=1S/C27H25N5O3/c1-3-18-14-20(8-9-22(18)35-21-10-12-32(13-11-21)23(34)15-33)24-25-27(29-16-28-24)31-26(30-25)19-6-4-17(2)5-7-19/h1,4-9,14,16,21,33H,10-13,15H2,2H3,(H,28,29,30,31). The number of likely N-dealkylation sites (tertiary alicyclic amines) is 1. The maximum atomic E-state index is 11.7. The minimum Gasteiger partial charge on any atom is -0.489 e. The highest BCUT2D eigenvalue weighted by Gasteiger charge is 2.24. The van der Waals surface area contributed by atoms with E-state index in [1.807, 2.05) is 49.4 Å². The second-order valence-electron chi connectivity index (χ2n) is 8.58. The number of aryl methyl sites for hydroxylation is 1. The fourth-order valence-electron chi connectivity index (χ4n) is 4.29. The van der Waals surface area contributed by atoms with Crippen LogP contribution in [0.3, 0.4) is 0 Å². The minimum atomic E-state index is -0.465. The Kier molecular flexibility index (Phi) is 6.17. The highest BCUT2D eigenvalue weighted by Crippen LogP contribution is 2.31. The Bertz CT molecular complexity index is 1410. The third kappa shape index (κ3) is 4.59. The average Bonchev–Trinajstić information content (AvgIpc) is 3.34. The molecule has 0 atom stereocenters. The SMILES string of the molecule is C#Cc1cc(-c2ncnc3nc(-c4ccc(C)cc4)[nH]c23)ccc1OC1CCN(C(=O)CO)CC1. The number of hydrogen-bond acceptors (Lipinski definition) is 6. The Morgan fingerprint density at radius 2 is 1.91 bits per heavy atom. The van der Waals surface area contributed by atoms with Crippen LogP contribution < -0.4 is 4.74 Å². The first kappa shape index (κ1) is 22.6. The van der Waals surface area contributed by atoms with Crippen LogP contribution in [0.25, 0.3) is 33.8 Å². The molecule has 0 radical (unpaired) electrons. The number of aliphatic hydroxyl groups is 1.